The first kappa shape index (κ1) is 15.1. The average Bonchev–Trinajstić information content (AvgIpc) is 2.87. The fourth-order valence-corrected chi connectivity index (χ4v) is 1.52. The van der Waals surface area contributed by atoms with Crippen LogP contribution in [-0.4, -0.2) is 21.4 Å². The molecule has 0 aliphatic rings. The number of hydrogen-bond acceptors (Lipinski definition) is 4. The first-order valence-electron chi connectivity index (χ1n) is 6.29. The van der Waals surface area contributed by atoms with E-state index in [1.54, 1.807) is 0 Å². The Labute approximate surface area is 119 Å². The van der Waals surface area contributed by atoms with Gasteiger partial charge < -0.3 is 10.5 Å². The molecule has 0 radical (unpaired) electrons. The highest BCUT2D eigenvalue weighted by molar-refractivity contribution is 5.50. The van der Waals surface area contributed by atoms with Gasteiger partial charge in [-0.05, 0) is 18.1 Å². The number of aromatic nitrogens is 3. The van der Waals surface area contributed by atoms with Gasteiger partial charge in [0.1, 0.15) is 0 Å². The number of rotatable bonds is 4. The number of nitrogens with two attached hydrogens (primary N) is 1. The number of alkyl halides is 3. The Morgan fingerprint density at radius 1 is 1.33 bits per heavy atom. The molecule has 2 rings (SSSR count). The maximum absolute atomic E-state index is 12.6. The molecule has 0 saturated heterocycles. The second kappa shape index (κ2) is 5.63. The molecule has 0 aliphatic heterocycles. The number of hydrogen-bond donors (Lipinski definition) is 1. The maximum Gasteiger partial charge on any atom is 0.419 e. The van der Waals surface area contributed by atoms with Crippen LogP contribution in [0.1, 0.15) is 19.4 Å². The van der Waals surface area contributed by atoms with Crippen LogP contribution in [0.3, 0.4) is 0 Å². The summed E-state index contributed by atoms with van der Waals surface area (Å²) in [6.07, 6.45) is -2.83. The number of ether oxygens (including phenoxy) is 1. The summed E-state index contributed by atoms with van der Waals surface area (Å²) in [6.45, 7) is 4.33. The Bertz CT molecular complexity index is 622. The summed E-state index contributed by atoms with van der Waals surface area (Å²) in [5.41, 5.74) is 5.21. The molecule has 2 heterocycles. The number of pyridine rings is 1. The summed E-state index contributed by atoms with van der Waals surface area (Å²) >= 11 is 0. The van der Waals surface area contributed by atoms with Gasteiger partial charge in [-0.15, -0.1) is 0 Å². The van der Waals surface area contributed by atoms with E-state index in [9.17, 15) is 13.2 Å². The lowest BCUT2D eigenvalue weighted by atomic mass is 10.2. The molecule has 0 saturated carbocycles. The van der Waals surface area contributed by atoms with Gasteiger partial charge in [-0.2, -0.15) is 23.3 Å². The summed E-state index contributed by atoms with van der Waals surface area (Å²) in [7, 11) is 0. The summed E-state index contributed by atoms with van der Waals surface area (Å²) < 4.78 is 44.1. The van der Waals surface area contributed by atoms with E-state index in [1.165, 1.54) is 12.1 Å². The maximum atomic E-state index is 12.6. The van der Waals surface area contributed by atoms with Gasteiger partial charge in [0, 0.05) is 6.20 Å². The van der Waals surface area contributed by atoms with Crippen molar-refractivity contribution in [3.63, 3.8) is 0 Å². The molecular weight excluding hydrogens is 285 g/mol. The molecule has 0 fully saturated rings. The van der Waals surface area contributed by atoms with E-state index >= 15 is 0 Å². The van der Waals surface area contributed by atoms with Gasteiger partial charge in [0.15, 0.2) is 5.82 Å². The van der Waals surface area contributed by atoms with E-state index in [2.05, 4.69) is 10.1 Å². The van der Waals surface area contributed by atoms with Crippen LogP contribution in [0.25, 0.3) is 5.82 Å². The number of nitrogen functional groups attached to an aromatic ring is 1. The molecule has 2 aromatic heterocycles. The molecule has 0 atom stereocenters. The number of nitrogens with zero attached hydrogens (tertiary/aromatic N) is 3. The Morgan fingerprint density at radius 3 is 2.62 bits per heavy atom. The van der Waals surface area contributed by atoms with E-state index in [-0.39, 0.29) is 17.6 Å². The van der Waals surface area contributed by atoms with Crippen molar-refractivity contribution in [3.8, 4) is 11.7 Å². The SMILES string of the molecule is CC(C)COc1nc(-n2cc(C(F)(F)F)cn2)ccc1N. The van der Waals surface area contributed by atoms with Gasteiger partial charge in [-0.1, -0.05) is 13.8 Å². The summed E-state index contributed by atoms with van der Waals surface area (Å²) in [5.74, 6) is 0.667. The molecule has 2 N–H and O–H groups in total. The van der Waals surface area contributed by atoms with E-state index < -0.39 is 11.7 Å². The van der Waals surface area contributed by atoms with Crippen LogP contribution in [0.4, 0.5) is 18.9 Å². The minimum Gasteiger partial charge on any atom is -0.476 e. The largest absolute Gasteiger partial charge is 0.476 e. The molecule has 2 aromatic rings. The molecule has 8 heteroatoms. The van der Waals surface area contributed by atoms with Crippen LogP contribution < -0.4 is 10.5 Å². The van der Waals surface area contributed by atoms with Crippen LogP contribution in [0, 0.1) is 5.92 Å². The molecular formula is C13H15F3N4O. The first-order valence-corrected chi connectivity index (χ1v) is 6.29. The van der Waals surface area contributed by atoms with Crippen molar-refractivity contribution in [2.45, 2.75) is 20.0 Å². The minimum absolute atomic E-state index is 0.185. The van der Waals surface area contributed by atoms with Crippen molar-refractivity contribution in [2.75, 3.05) is 12.3 Å². The van der Waals surface area contributed by atoms with Gasteiger partial charge in [-0.3, -0.25) is 0 Å². The van der Waals surface area contributed by atoms with Crippen LogP contribution in [0.5, 0.6) is 5.88 Å². The van der Waals surface area contributed by atoms with Crippen molar-refractivity contribution < 1.29 is 17.9 Å². The lowest BCUT2D eigenvalue weighted by Gasteiger charge is -2.11. The predicted molar refractivity (Wildman–Crippen MR) is 71.1 cm³/mol. The lowest BCUT2D eigenvalue weighted by Crippen LogP contribution is -2.09. The van der Waals surface area contributed by atoms with Crippen LogP contribution in [-0.2, 0) is 6.18 Å². The molecule has 0 spiro atoms. The number of anilines is 1. The molecule has 114 valence electrons. The van der Waals surface area contributed by atoms with E-state index in [4.69, 9.17) is 10.5 Å². The summed E-state index contributed by atoms with van der Waals surface area (Å²) in [6, 6.07) is 3.00. The highest BCUT2D eigenvalue weighted by Crippen LogP contribution is 2.29. The van der Waals surface area contributed by atoms with Crippen molar-refractivity contribution >= 4 is 5.69 Å². The van der Waals surface area contributed by atoms with E-state index in [0.29, 0.717) is 12.3 Å². The van der Waals surface area contributed by atoms with Gasteiger partial charge in [0.2, 0.25) is 5.88 Å². The van der Waals surface area contributed by atoms with Crippen molar-refractivity contribution in [1.29, 1.82) is 0 Å². The van der Waals surface area contributed by atoms with Crippen LogP contribution in [0.2, 0.25) is 0 Å². The van der Waals surface area contributed by atoms with E-state index in [0.717, 1.165) is 17.1 Å². The Morgan fingerprint density at radius 2 is 2.05 bits per heavy atom. The Hall–Kier alpha value is -2.25. The van der Waals surface area contributed by atoms with Gasteiger partial charge in [0.05, 0.1) is 24.1 Å². The molecule has 0 amide bonds. The third kappa shape index (κ3) is 3.65. The summed E-state index contributed by atoms with van der Waals surface area (Å²) in [4.78, 5) is 4.10. The van der Waals surface area contributed by atoms with E-state index in [1.807, 2.05) is 13.8 Å². The second-order valence-corrected chi connectivity index (χ2v) is 4.94. The Balaban J connectivity index is 2.28. The van der Waals surface area contributed by atoms with Crippen molar-refractivity contribution in [1.82, 2.24) is 14.8 Å². The van der Waals surface area contributed by atoms with Crippen molar-refractivity contribution in [2.24, 2.45) is 5.92 Å². The second-order valence-electron chi connectivity index (χ2n) is 4.94. The third-order valence-corrected chi connectivity index (χ3v) is 2.57. The topological polar surface area (TPSA) is 66.0 Å². The van der Waals surface area contributed by atoms with Gasteiger partial charge >= 0.3 is 6.18 Å². The normalized spacial score (nSPS) is 11.9. The first-order chi connectivity index (χ1) is 9.77. The van der Waals surface area contributed by atoms with Gasteiger partial charge in [0.25, 0.3) is 0 Å². The molecule has 0 unspecified atom stereocenters. The minimum atomic E-state index is -4.44. The highest BCUT2D eigenvalue weighted by Gasteiger charge is 2.32. The fourth-order valence-electron chi connectivity index (χ4n) is 1.52. The lowest BCUT2D eigenvalue weighted by molar-refractivity contribution is -0.137. The van der Waals surface area contributed by atoms with Crippen LogP contribution >= 0.6 is 0 Å². The zero-order valence-corrected chi connectivity index (χ0v) is 11.6. The molecule has 0 aromatic carbocycles. The molecule has 0 aliphatic carbocycles. The quantitative estimate of drug-likeness (QED) is 0.943. The number of halogens is 3. The predicted octanol–water partition coefficient (Wildman–Crippen LogP) is 2.90. The zero-order valence-electron chi connectivity index (χ0n) is 11.6. The van der Waals surface area contributed by atoms with Crippen LogP contribution in [0.15, 0.2) is 24.5 Å². The summed E-state index contributed by atoms with van der Waals surface area (Å²) in [5, 5.41) is 3.66. The molecule has 5 nitrogen and oxygen atoms in total. The van der Waals surface area contributed by atoms with Crippen molar-refractivity contribution in [3.05, 3.63) is 30.1 Å². The fraction of sp³-hybridized carbons (Fsp3) is 0.385. The highest BCUT2D eigenvalue weighted by atomic mass is 19.4. The zero-order chi connectivity index (χ0) is 15.6. The Kier molecular flexibility index (Phi) is 4.06. The molecule has 21 heavy (non-hydrogen) atoms. The monoisotopic (exact) mass is 300 g/mol. The van der Waals surface area contributed by atoms with Gasteiger partial charge in [-0.25, -0.2) is 4.68 Å². The molecule has 0 bridgehead atoms. The average molecular weight is 300 g/mol. The standard InChI is InChI=1S/C13H15F3N4O/c1-8(2)7-21-12-10(17)3-4-11(19-12)20-6-9(5-18-20)13(14,15)16/h3-6,8H,7,17H2,1-2H3. The smallest absolute Gasteiger partial charge is 0.419 e. The third-order valence-electron chi connectivity index (χ3n) is 2.57.